The predicted octanol–water partition coefficient (Wildman–Crippen LogP) is 1.33. The number of sulfonamides is 1. The molecule has 1 aliphatic rings. The van der Waals surface area contributed by atoms with E-state index in [-0.39, 0.29) is 48.9 Å². The van der Waals surface area contributed by atoms with E-state index in [0.29, 0.717) is 25.8 Å². The lowest BCUT2D eigenvalue weighted by atomic mass is 9.97. The lowest BCUT2D eigenvalue weighted by Gasteiger charge is -2.29. The van der Waals surface area contributed by atoms with Crippen LogP contribution in [0.25, 0.3) is 0 Å². The van der Waals surface area contributed by atoms with Gasteiger partial charge >= 0.3 is 5.97 Å². The van der Waals surface area contributed by atoms with Crippen LogP contribution in [0.2, 0.25) is 0 Å². The van der Waals surface area contributed by atoms with Crippen LogP contribution in [0.3, 0.4) is 0 Å². The van der Waals surface area contributed by atoms with Crippen LogP contribution in [0, 0.1) is 5.92 Å². The third-order valence-corrected chi connectivity index (χ3v) is 7.25. The topological polar surface area (TPSA) is 135 Å². The zero-order valence-electron chi connectivity index (χ0n) is 19.0. The molecule has 184 valence electrons. The second-order valence-corrected chi connectivity index (χ2v) is 9.69. The first kappa shape index (κ1) is 25.4. The molecule has 34 heavy (non-hydrogen) atoms. The number of hydrogen-bond acceptors (Lipinski definition) is 7. The van der Waals surface area contributed by atoms with E-state index in [0.717, 1.165) is 5.56 Å². The summed E-state index contributed by atoms with van der Waals surface area (Å²) in [6.07, 6.45) is 1.32. The minimum atomic E-state index is -3.93. The molecule has 0 saturated carbocycles. The van der Waals surface area contributed by atoms with Gasteiger partial charge in [0, 0.05) is 25.6 Å². The number of piperidine rings is 1. The van der Waals surface area contributed by atoms with E-state index >= 15 is 0 Å². The minimum absolute atomic E-state index is 0.124. The maximum atomic E-state index is 12.8. The summed E-state index contributed by atoms with van der Waals surface area (Å²) in [5.41, 5.74) is 1.11. The largest absolute Gasteiger partial charge is 0.460 e. The number of amides is 2. The Morgan fingerprint density at radius 1 is 1.06 bits per heavy atom. The van der Waals surface area contributed by atoms with E-state index in [1.54, 1.807) is 6.92 Å². The van der Waals surface area contributed by atoms with Crippen molar-refractivity contribution in [3.05, 3.63) is 53.8 Å². The highest BCUT2D eigenvalue weighted by Crippen LogP contribution is 2.25. The summed E-state index contributed by atoms with van der Waals surface area (Å²) in [5, 5.41) is 5.05. The molecule has 0 aliphatic carbocycles. The Kier molecular flexibility index (Phi) is 8.83. The van der Waals surface area contributed by atoms with E-state index in [1.165, 1.54) is 16.4 Å². The normalized spacial score (nSPS) is 15.0. The molecule has 2 amide bonds. The van der Waals surface area contributed by atoms with Gasteiger partial charge in [-0.15, -0.1) is 0 Å². The summed E-state index contributed by atoms with van der Waals surface area (Å²) in [6.45, 7) is 2.37. The fraction of sp³-hybridized carbons (Fsp3) is 0.435. The number of ether oxygens (including phenoxy) is 1. The van der Waals surface area contributed by atoms with Crippen LogP contribution in [0.15, 0.2) is 52.0 Å². The van der Waals surface area contributed by atoms with Gasteiger partial charge in [-0.2, -0.15) is 4.31 Å². The fourth-order valence-corrected chi connectivity index (χ4v) is 5.00. The molecular formula is C23H29N3O7S. The van der Waals surface area contributed by atoms with Crippen molar-refractivity contribution in [2.24, 2.45) is 5.92 Å². The molecular weight excluding hydrogens is 462 g/mol. The highest BCUT2D eigenvalue weighted by Gasteiger charge is 2.34. The second-order valence-electron chi connectivity index (χ2n) is 7.82. The minimum Gasteiger partial charge on any atom is -0.460 e. The molecule has 2 aromatic rings. The zero-order valence-corrected chi connectivity index (χ0v) is 19.8. The number of hydrogen-bond donors (Lipinski definition) is 2. The van der Waals surface area contributed by atoms with Crippen molar-refractivity contribution >= 4 is 27.8 Å². The second kappa shape index (κ2) is 11.8. The molecule has 10 nitrogen and oxygen atoms in total. The molecule has 2 N–H and O–H groups in total. The van der Waals surface area contributed by atoms with Crippen LogP contribution < -0.4 is 10.6 Å². The van der Waals surface area contributed by atoms with Crippen molar-refractivity contribution in [3.63, 3.8) is 0 Å². The number of esters is 1. The number of furan rings is 1. The van der Waals surface area contributed by atoms with Gasteiger partial charge in [-0.1, -0.05) is 30.3 Å². The molecule has 2 heterocycles. The highest BCUT2D eigenvalue weighted by molar-refractivity contribution is 7.89. The highest BCUT2D eigenvalue weighted by atomic mass is 32.2. The van der Waals surface area contributed by atoms with Crippen molar-refractivity contribution in [3.8, 4) is 0 Å². The maximum absolute atomic E-state index is 12.8. The standard InChI is InChI=1S/C23H29N3O7S/c1-2-32-23(29)19-8-9-21(33-19)34(30,31)26-14-11-18(12-15-26)22(28)25-16-20(27)24-13-10-17-6-4-3-5-7-17/h3-9,18H,2,10-16H2,1H3,(H,24,27)(H,25,28). The molecule has 0 radical (unpaired) electrons. The molecule has 1 aromatic carbocycles. The number of nitrogens with zero attached hydrogens (tertiary/aromatic N) is 1. The Labute approximate surface area is 198 Å². The van der Waals surface area contributed by atoms with Crippen LogP contribution in [-0.2, 0) is 30.8 Å². The maximum Gasteiger partial charge on any atom is 0.374 e. The smallest absolute Gasteiger partial charge is 0.374 e. The number of nitrogens with one attached hydrogen (secondary N) is 2. The van der Waals surface area contributed by atoms with Crippen LogP contribution in [0.1, 0.15) is 35.9 Å². The summed E-state index contributed by atoms with van der Waals surface area (Å²) in [6, 6.07) is 12.2. The summed E-state index contributed by atoms with van der Waals surface area (Å²) < 4.78 is 36.8. The van der Waals surface area contributed by atoms with Crippen LogP contribution in [0.5, 0.6) is 0 Å². The van der Waals surface area contributed by atoms with Crippen LogP contribution in [0.4, 0.5) is 0 Å². The molecule has 3 rings (SSSR count). The fourth-order valence-electron chi connectivity index (χ4n) is 3.62. The van der Waals surface area contributed by atoms with Gasteiger partial charge in [-0.25, -0.2) is 13.2 Å². The van der Waals surface area contributed by atoms with Gasteiger partial charge in [0.15, 0.2) is 0 Å². The zero-order chi connectivity index (χ0) is 24.6. The van der Waals surface area contributed by atoms with E-state index in [4.69, 9.17) is 9.15 Å². The van der Waals surface area contributed by atoms with Gasteiger partial charge in [0.05, 0.1) is 13.2 Å². The molecule has 11 heteroatoms. The molecule has 0 unspecified atom stereocenters. The molecule has 1 aliphatic heterocycles. The average Bonchev–Trinajstić information content (AvgIpc) is 3.35. The first-order valence-corrected chi connectivity index (χ1v) is 12.6. The van der Waals surface area contributed by atoms with Crippen molar-refractivity contribution < 1.29 is 32.0 Å². The Bertz CT molecular complexity index is 1090. The molecule has 0 bridgehead atoms. The molecule has 1 aromatic heterocycles. The summed E-state index contributed by atoms with van der Waals surface area (Å²) in [4.78, 5) is 36.1. The summed E-state index contributed by atoms with van der Waals surface area (Å²) >= 11 is 0. The van der Waals surface area contributed by atoms with E-state index < -0.39 is 21.9 Å². The molecule has 1 fully saturated rings. The van der Waals surface area contributed by atoms with Gasteiger partial charge in [-0.3, -0.25) is 9.59 Å². The van der Waals surface area contributed by atoms with Gasteiger partial charge in [0.25, 0.3) is 10.0 Å². The van der Waals surface area contributed by atoms with Crippen molar-refractivity contribution in [2.75, 3.05) is 32.8 Å². The SMILES string of the molecule is CCOC(=O)c1ccc(S(=O)(=O)N2CCC(C(=O)NCC(=O)NCCc3ccccc3)CC2)o1. The Morgan fingerprint density at radius 3 is 2.44 bits per heavy atom. The lowest BCUT2D eigenvalue weighted by molar-refractivity contribution is -0.129. The first-order valence-electron chi connectivity index (χ1n) is 11.2. The first-order chi connectivity index (χ1) is 16.3. The Hall–Kier alpha value is -3.18. The number of benzene rings is 1. The van der Waals surface area contributed by atoms with E-state index in [1.807, 2.05) is 30.3 Å². The third kappa shape index (κ3) is 6.67. The van der Waals surface area contributed by atoms with E-state index in [9.17, 15) is 22.8 Å². The van der Waals surface area contributed by atoms with Gasteiger partial charge in [0.2, 0.25) is 22.7 Å². The number of rotatable bonds is 10. The van der Waals surface area contributed by atoms with Gasteiger partial charge < -0.3 is 19.8 Å². The van der Waals surface area contributed by atoms with Crippen molar-refractivity contribution in [1.29, 1.82) is 0 Å². The quantitative estimate of drug-likeness (QED) is 0.479. The number of carbonyl (C=O) groups is 3. The average molecular weight is 492 g/mol. The summed E-state index contributed by atoms with van der Waals surface area (Å²) in [5.74, 6) is -1.87. The van der Waals surface area contributed by atoms with Crippen molar-refractivity contribution in [2.45, 2.75) is 31.3 Å². The van der Waals surface area contributed by atoms with Gasteiger partial charge in [0.1, 0.15) is 0 Å². The van der Waals surface area contributed by atoms with E-state index in [2.05, 4.69) is 10.6 Å². The van der Waals surface area contributed by atoms with Crippen molar-refractivity contribution in [1.82, 2.24) is 14.9 Å². The Balaban J connectivity index is 1.41. The lowest BCUT2D eigenvalue weighted by Crippen LogP contribution is -2.45. The van der Waals surface area contributed by atoms with Gasteiger partial charge in [-0.05, 0) is 43.9 Å². The van der Waals surface area contributed by atoms with Crippen LogP contribution >= 0.6 is 0 Å². The number of carbonyl (C=O) groups excluding carboxylic acids is 3. The molecule has 1 saturated heterocycles. The Morgan fingerprint density at radius 2 is 1.76 bits per heavy atom. The molecule has 0 spiro atoms. The summed E-state index contributed by atoms with van der Waals surface area (Å²) in [7, 11) is -3.93. The monoisotopic (exact) mass is 491 g/mol. The predicted molar refractivity (Wildman–Crippen MR) is 122 cm³/mol. The molecule has 0 atom stereocenters. The van der Waals surface area contributed by atoms with Crippen LogP contribution in [-0.4, -0.2) is 63.3 Å². The third-order valence-electron chi connectivity index (χ3n) is 5.48.